The summed E-state index contributed by atoms with van der Waals surface area (Å²) in [6.45, 7) is 0. The van der Waals surface area contributed by atoms with Gasteiger partial charge in [-0.15, -0.1) is 0 Å². The molecule has 1 heterocycles. The van der Waals surface area contributed by atoms with Gasteiger partial charge in [0.25, 0.3) is 0 Å². The van der Waals surface area contributed by atoms with Gasteiger partial charge in [-0.05, 0) is 17.7 Å². The Balaban J connectivity index is 2.64. The first-order chi connectivity index (χ1) is 7.24. The van der Waals surface area contributed by atoms with Gasteiger partial charge in [0.2, 0.25) is 5.22 Å². The second-order valence-electron chi connectivity index (χ2n) is 2.82. The summed E-state index contributed by atoms with van der Waals surface area (Å²) in [6.07, 6.45) is 0.595. The van der Waals surface area contributed by atoms with E-state index in [0.29, 0.717) is 22.6 Å². The van der Waals surface area contributed by atoms with Crippen LogP contribution in [-0.4, -0.2) is 11.4 Å². The second kappa shape index (κ2) is 4.04. The molecule has 0 N–H and O–H groups in total. The van der Waals surface area contributed by atoms with Gasteiger partial charge < -0.3 is 4.52 Å². The van der Waals surface area contributed by atoms with Crippen molar-refractivity contribution in [1.29, 1.82) is 0 Å². The van der Waals surface area contributed by atoms with Crippen LogP contribution in [-0.2, 0) is 0 Å². The monoisotopic (exact) mass is 241 g/mol. The molecule has 0 aliphatic carbocycles. The molecule has 1 aromatic heterocycles. The van der Waals surface area contributed by atoms with Crippen LogP contribution < -0.4 is 0 Å². The molecule has 0 bridgehead atoms. The Morgan fingerprint density at radius 1 is 1.27 bits per heavy atom. The van der Waals surface area contributed by atoms with Crippen LogP contribution >= 0.6 is 23.2 Å². The van der Waals surface area contributed by atoms with E-state index in [1.54, 1.807) is 24.3 Å². The molecule has 0 aliphatic heterocycles. The summed E-state index contributed by atoms with van der Waals surface area (Å²) in [7, 11) is 0. The van der Waals surface area contributed by atoms with E-state index in [1.165, 1.54) is 0 Å². The van der Waals surface area contributed by atoms with Crippen LogP contribution in [0.3, 0.4) is 0 Å². The number of carbonyl (C=O) groups excluding carboxylic acids is 1. The van der Waals surface area contributed by atoms with Crippen LogP contribution in [0, 0.1) is 0 Å². The first kappa shape index (κ1) is 10.2. The van der Waals surface area contributed by atoms with Crippen LogP contribution in [0.25, 0.3) is 11.3 Å². The van der Waals surface area contributed by atoms with Crippen LogP contribution in [0.4, 0.5) is 0 Å². The van der Waals surface area contributed by atoms with E-state index < -0.39 is 0 Å². The summed E-state index contributed by atoms with van der Waals surface area (Å²) in [5.41, 5.74) is 1.20. The number of carbonyl (C=O) groups is 1. The van der Waals surface area contributed by atoms with Gasteiger partial charge in [-0.2, -0.15) is 0 Å². The predicted octanol–water partition coefficient (Wildman–Crippen LogP) is 3.46. The zero-order chi connectivity index (χ0) is 10.8. The van der Waals surface area contributed by atoms with Crippen molar-refractivity contribution in [3.8, 4) is 11.3 Å². The normalized spacial score (nSPS) is 10.3. The summed E-state index contributed by atoms with van der Waals surface area (Å²) in [5.74, 6) is 0. The third kappa shape index (κ3) is 1.76. The second-order valence-corrected chi connectivity index (χ2v) is 3.57. The minimum absolute atomic E-state index is 0.0279. The Morgan fingerprint density at radius 3 is 2.67 bits per heavy atom. The van der Waals surface area contributed by atoms with Gasteiger partial charge in [0, 0.05) is 5.56 Å². The molecule has 0 aliphatic rings. The lowest BCUT2D eigenvalue weighted by molar-refractivity contribution is 0.112. The number of benzene rings is 1. The maximum Gasteiger partial charge on any atom is 0.237 e. The van der Waals surface area contributed by atoms with E-state index in [4.69, 9.17) is 27.7 Å². The van der Waals surface area contributed by atoms with Crippen molar-refractivity contribution in [3.05, 3.63) is 40.1 Å². The molecule has 2 aromatic rings. The molecule has 76 valence electrons. The fourth-order valence-corrected chi connectivity index (χ4v) is 1.62. The number of rotatable bonds is 2. The number of hydrogen-bond acceptors (Lipinski definition) is 3. The highest BCUT2D eigenvalue weighted by Crippen LogP contribution is 2.31. The summed E-state index contributed by atoms with van der Waals surface area (Å²) in [4.78, 5) is 10.8. The maximum absolute atomic E-state index is 10.8. The van der Waals surface area contributed by atoms with Crippen LogP contribution in [0.15, 0.2) is 28.8 Å². The van der Waals surface area contributed by atoms with Crippen LogP contribution in [0.2, 0.25) is 10.2 Å². The molecule has 0 radical (unpaired) electrons. The van der Waals surface area contributed by atoms with Crippen molar-refractivity contribution in [3.63, 3.8) is 0 Å². The van der Waals surface area contributed by atoms with E-state index in [0.717, 1.165) is 0 Å². The van der Waals surface area contributed by atoms with Crippen molar-refractivity contribution in [1.82, 2.24) is 5.16 Å². The number of hydrogen-bond donors (Lipinski definition) is 0. The highest BCUT2D eigenvalue weighted by atomic mass is 35.5. The molecule has 15 heavy (non-hydrogen) atoms. The minimum Gasteiger partial charge on any atom is -0.343 e. The standard InChI is InChI=1S/C10H5Cl2NO2/c11-8-4-2-1-3-6(8)9-7(5-14)10(12)15-13-9/h1-5H. The van der Waals surface area contributed by atoms with Crippen molar-refractivity contribution < 1.29 is 9.32 Å². The van der Waals surface area contributed by atoms with Crippen molar-refractivity contribution >= 4 is 29.5 Å². The van der Waals surface area contributed by atoms with Gasteiger partial charge in [0.15, 0.2) is 6.29 Å². The number of aldehydes is 1. The molecule has 0 atom stereocenters. The molecule has 2 rings (SSSR count). The molecule has 5 heteroatoms. The van der Waals surface area contributed by atoms with E-state index in [-0.39, 0.29) is 10.8 Å². The predicted molar refractivity (Wildman–Crippen MR) is 57.3 cm³/mol. The number of halogens is 2. The fraction of sp³-hybridized carbons (Fsp3) is 0. The molecule has 0 amide bonds. The quantitative estimate of drug-likeness (QED) is 0.757. The first-order valence-electron chi connectivity index (χ1n) is 4.09. The molecule has 3 nitrogen and oxygen atoms in total. The van der Waals surface area contributed by atoms with Crippen molar-refractivity contribution in [2.24, 2.45) is 0 Å². The lowest BCUT2D eigenvalue weighted by atomic mass is 10.1. The molecule has 1 aromatic carbocycles. The minimum atomic E-state index is -0.0279. The van der Waals surface area contributed by atoms with Gasteiger partial charge in [-0.1, -0.05) is 35.0 Å². The number of aromatic nitrogens is 1. The fourth-order valence-electron chi connectivity index (χ4n) is 1.23. The molecule has 0 unspecified atom stereocenters. The van der Waals surface area contributed by atoms with E-state index >= 15 is 0 Å². The van der Waals surface area contributed by atoms with Crippen LogP contribution in [0.5, 0.6) is 0 Å². The largest absolute Gasteiger partial charge is 0.343 e. The molecular weight excluding hydrogens is 237 g/mol. The lowest BCUT2D eigenvalue weighted by Crippen LogP contribution is -1.85. The zero-order valence-electron chi connectivity index (χ0n) is 7.41. The Morgan fingerprint density at radius 2 is 2.00 bits per heavy atom. The van der Waals surface area contributed by atoms with Crippen molar-refractivity contribution in [2.45, 2.75) is 0 Å². The third-order valence-electron chi connectivity index (χ3n) is 1.93. The molecule has 0 spiro atoms. The van der Waals surface area contributed by atoms with Gasteiger partial charge in [-0.25, -0.2) is 0 Å². The van der Waals surface area contributed by atoms with Gasteiger partial charge >= 0.3 is 0 Å². The topological polar surface area (TPSA) is 43.1 Å². The Kier molecular flexibility index (Phi) is 2.75. The Bertz CT molecular complexity index is 508. The lowest BCUT2D eigenvalue weighted by Gasteiger charge is -1.98. The van der Waals surface area contributed by atoms with Gasteiger partial charge in [-0.3, -0.25) is 4.79 Å². The van der Waals surface area contributed by atoms with Crippen LogP contribution in [0.1, 0.15) is 10.4 Å². The summed E-state index contributed by atoms with van der Waals surface area (Å²) < 4.78 is 4.72. The molecule has 0 saturated heterocycles. The molecular formula is C10H5Cl2NO2. The zero-order valence-corrected chi connectivity index (χ0v) is 8.92. The highest BCUT2D eigenvalue weighted by molar-refractivity contribution is 6.34. The highest BCUT2D eigenvalue weighted by Gasteiger charge is 2.16. The average molecular weight is 242 g/mol. The molecule has 0 saturated carbocycles. The smallest absolute Gasteiger partial charge is 0.237 e. The van der Waals surface area contributed by atoms with Gasteiger partial charge in [0.1, 0.15) is 11.3 Å². The third-order valence-corrected chi connectivity index (χ3v) is 2.53. The van der Waals surface area contributed by atoms with E-state index in [2.05, 4.69) is 5.16 Å². The summed E-state index contributed by atoms with van der Waals surface area (Å²) >= 11 is 11.6. The summed E-state index contributed by atoms with van der Waals surface area (Å²) in [5, 5.41) is 4.16. The average Bonchev–Trinajstić information content (AvgIpc) is 2.60. The number of nitrogens with zero attached hydrogens (tertiary/aromatic N) is 1. The Labute approximate surface area is 95.6 Å². The maximum atomic E-state index is 10.8. The summed E-state index contributed by atoms with van der Waals surface area (Å²) in [6, 6.07) is 7.02. The first-order valence-corrected chi connectivity index (χ1v) is 4.85. The SMILES string of the molecule is O=Cc1c(-c2ccccc2Cl)noc1Cl. The van der Waals surface area contributed by atoms with Crippen molar-refractivity contribution in [2.75, 3.05) is 0 Å². The van der Waals surface area contributed by atoms with E-state index in [1.807, 2.05) is 0 Å². The molecule has 0 fully saturated rings. The van der Waals surface area contributed by atoms with Gasteiger partial charge in [0.05, 0.1) is 5.02 Å². The van der Waals surface area contributed by atoms with E-state index in [9.17, 15) is 4.79 Å². The Hall–Kier alpha value is -1.32.